The van der Waals surface area contributed by atoms with Crippen LogP contribution in [0.5, 0.6) is 0 Å². The lowest BCUT2D eigenvalue weighted by Gasteiger charge is -2.22. The third kappa shape index (κ3) is 3.29. The zero-order valence-corrected chi connectivity index (χ0v) is 11.9. The first kappa shape index (κ1) is 14.4. The number of benzene rings is 1. The highest BCUT2D eigenvalue weighted by Gasteiger charge is 2.26. The predicted octanol–water partition coefficient (Wildman–Crippen LogP) is 2.90. The Bertz CT molecular complexity index is 545. The number of rotatable bonds is 2. The quantitative estimate of drug-likeness (QED) is 0.871. The third-order valence-corrected chi connectivity index (χ3v) is 3.16. The maximum atomic E-state index is 11.8. The lowest BCUT2D eigenvalue weighted by atomic mass is 10.0. The van der Waals surface area contributed by atoms with Crippen LogP contribution in [0.1, 0.15) is 54.7 Å². The van der Waals surface area contributed by atoms with Gasteiger partial charge in [-0.05, 0) is 56.9 Å². The number of carbonyl (C=O) groups excluding carboxylic acids is 1. The van der Waals surface area contributed by atoms with Crippen LogP contribution in [0, 0.1) is 0 Å². The second-order valence-corrected chi connectivity index (χ2v) is 5.96. The molecule has 1 aliphatic carbocycles. The van der Waals surface area contributed by atoms with Crippen molar-refractivity contribution in [1.29, 1.82) is 0 Å². The van der Waals surface area contributed by atoms with Crippen molar-refractivity contribution in [3.63, 3.8) is 0 Å². The van der Waals surface area contributed by atoms with Crippen molar-refractivity contribution in [2.75, 3.05) is 0 Å². The Labute approximate surface area is 117 Å². The van der Waals surface area contributed by atoms with Crippen molar-refractivity contribution >= 4 is 12.1 Å². The van der Waals surface area contributed by atoms with Crippen molar-refractivity contribution in [2.45, 2.75) is 45.3 Å². The van der Waals surface area contributed by atoms with Gasteiger partial charge in [0.2, 0.25) is 0 Å². The molecule has 2 rings (SSSR count). The van der Waals surface area contributed by atoms with Crippen LogP contribution in [0.3, 0.4) is 0 Å². The smallest absolute Gasteiger partial charge is 0.408 e. The Balaban J connectivity index is 2.09. The fraction of sp³-hybridized carbons (Fsp3) is 0.467. The summed E-state index contributed by atoms with van der Waals surface area (Å²) >= 11 is 0. The molecule has 0 saturated carbocycles. The SMILES string of the molecule is CC(C)(C)OC(=O)N[C@@H]1CCc2cc(C(=O)O)ccc21. The number of nitrogens with one attached hydrogen (secondary N) is 1. The molecular weight excluding hydrogens is 258 g/mol. The van der Waals surface area contributed by atoms with Crippen molar-refractivity contribution < 1.29 is 19.4 Å². The highest BCUT2D eigenvalue weighted by molar-refractivity contribution is 5.88. The average molecular weight is 277 g/mol. The summed E-state index contributed by atoms with van der Waals surface area (Å²) in [6, 6.07) is 4.90. The van der Waals surface area contributed by atoms with Crippen LogP contribution in [0.2, 0.25) is 0 Å². The van der Waals surface area contributed by atoms with Gasteiger partial charge in [-0.25, -0.2) is 9.59 Å². The van der Waals surface area contributed by atoms with E-state index in [1.165, 1.54) is 0 Å². The monoisotopic (exact) mass is 277 g/mol. The van der Waals surface area contributed by atoms with Crippen molar-refractivity contribution in [2.24, 2.45) is 0 Å². The van der Waals surface area contributed by atoms with Gasteiger partial charge in [-0.1, -0.05) is 6.07 Å². The second kappa shape index (κ2) is 5.15. The molecule has 0 heterocycles. The van der Waals surface area contributed by atoms with Crippen molar-refractivity contribution in [3.8, 4) is 0 Å². The van der Waals surface area contributed by atoms with Gasteiger partial charge >= 0.3 is 12.1 Å². The van der Waals surface area contributed by atoms with Crippen LogP contribution in [-0.4, -0.2) is 22.8 Å². The topological polar surface area (TPSA) is 75.6 Å². The molecule has 1 aromatic carbocycles. The molecule has 0 aromatic heterocycles. The lowest BCUT2D eigenvalue weighted by molar-refractivity contribution is 0.0503. The number of ether oxygens (including phenoxy) is 1. The fourth-order valence-corrected chi connectivity index (χ4v) is 2.35. The van der Waals surface area contributed by atoms with Gasteiger partial charge in [0.1, 0.15) is 5.60 Å². The maximum Gasteiger partial charge on any atom is 0.408 e. The minimum absolute atomic E-state index is 0.109. The van der Waals surface area contributed by atoms with Crippen molar-refractivity contribution in [3.05, 3.63) is 34.9 Å². The van der Waals surface area contributed by atoms with Crippen LogP contribution in [-0.2, 0) is 11.2 Å². The Morgan fingerprint density at radius 2 is 2.05 bits per heavy atom. The Morgan fingerprint density at radius 3 is 2.65 bits per heavy atom. The maximum absolute atomic E-state index is 11.8. The number of aryl methyl sites for hydroxylation is 1. The highest BCUT2D eigenvalue weighted by Crippen LogP contribution is 2.32. The van der Waals surface area contributed by atoms with Gasteiger partial charge in [0.15, 0.2) is 0 Å². The Kier molecular flexibility index (Phi) is 3.70. The minimum Gasteiger partial charge on any atom is -0.478 e. The Hall–Kier alpha value is -2.04. The molecule has 2 N–H and O–H groups in total. The highest BCUT2D eigenvalue weighted by atomic mass is 16.6. The summed E-state index contributed by atoms with van der Waals surface area (Å²) in [6.45, 7) is 5.44. The molecule has 5 heteroatoms. The van der Waals surface area contributed by atoms with Crippen LogP contribution in [0.25, 0.3) is 0 Å². The van der Waals surface area contributed by atoms with E-state index in [0.29, 0.717) is 0 Å². The normalized spacial score (nSPS) is 17.4. The van der Waals surface area contributed by atoms with Gasteiger partial charge < -0.3 is 15.2 Å². The van der Waals surface area contributed by atoms with E-state index in [4.69, 9.17) is 9.84 Å². The van der Waals surface area contributed by atoms with E-state index in [1.807, 2.05) is 20.8 Å². The van der Waals surface area contributed by atoms with Gasteiger partial charge in [-0.2, -0.15) is 0 Å². The summed E-state index contributed by atoms with van der Waals surface area (Å²) < 4.78 is 5.23. The number of fused-ring (bicyclic) bond motifs is 1. The molecule has 20 heavy (non-hydrogen) atoms. The molecule has 1 atom stereocenters. The minimum atomic E-state index is -0.934. The molecule has 0 radical (unpaired) electrons. The molecule has 108 valence electrons. The molecule has 1 aliphatic rings. The van der Waals surface area contributed by atoms with Crippen LogP contribution in [0.15, 0.2) is 18.2 Å². The first-order chi connectivity index (χ1) is 9.26. The number of hydrogen-bond acceptors (Lipinski definition) is 3. The van der Waals surface area contributed by atoms with E-state index >= 15 is 0 Å². The standard InChI is InChI=1S/C15H19NO4/c1-15(2,3)20-14(19)16-12-7-5-9-8-10(13(17)18)4-6-11(9)12/h4,6,8,12H,5,7H2,1-3H3,(H,16,19)(H,17,18)/t12-/m1/s1. The number of carboxylic acid groups (broad SMARTS) is 1. The number of amides is 1. The van der Waals surface area contributed by atoms with Gasteiger partial charge in [0.25, 0.3) is 0 Å². The summed E-state index contributed by atoms with van der Waals surface area (Å²) in [7, 11) is 0. The number of alkyl carbamates (subject to hydrolysis) is 1. The predicted molar refractivity (Wildman–Crippen MR) is 73.8 cm³/mol. The largest absolute Gasteiger partial charge is 0.478 e. The average Bonchev–Trinajstić information content (AvgIpc) is 2.69. The van der Waals surface area contributed by atoms with E-state index in [-0.39, 0.29) is 11.6 Å². The number of carboxylic acids is 1. The zero-order valence-electron chi connectivity index (χ0n) is 11.9. The zero-order chi connectivity index (χ0) is 14.9. The Morgan fingerprint density at radius 1 is 1.35 bits per heavy atom. The van der Waals surface area contributed by atoms with E-state index in [9.17, 15) is 9.59 Å². The summed E-state index contributed by atoms with van der Waals surface area (Å²) in [5, 5.41) is 11.8. The van der Waals surface area contributed by atoms with E-state index in [1.54, 1.807) is 18.2 Å². The summed E-state index contributed by atoms with van der Waals surface area (Å²) in [5.74, 6) is -0.934. The first-order valence-corrected chi connectivity index (χ1v) is 6.62. The number of carbonyl (C=O) groups is 2. The van der Waals surface area contributed by atoms with Gasteiger partial charge in [0.05, 0.1) is 11.6 Å². The van der Waals surface area contributed by atoms with Crippen LogP contribution >= 0.6 is 0 Å². The molecule has 1 aromatic rings. The fourth-order valence-electron chi connectivity index (χ4n) is 2.35. The molecule has 0 aliphatic heterocycles. The lowest BCUT2D eigenvalue weighted by Crippen LogP contribution is -2.34. The van der Waals surface area contributed by atoms with Gasteiger partial charge in [0, 0.05) is 0 Å². The molecule has 0 bridgehead atoms. The summed E-state index contributed by atoms with van der Waals surface area (Å²) in [4.78, 5) is 22.7. The van der Waals surface area contributed by atoms with E-state index in [2.05, 4.69) is 5.32 Å². The van der Waals surface area contributed by atoms with Crippen LogP contribution < -0.4 is 5.32 Å². The molecule has 1 amide bonds. The van der Waals surface area contributed by atoms with E-state index < -0.39 is 17.7 Å². The molecule has 0 fully saturated rings. The van der Waals surface area contributed by atoms with Gasteiger partial charge in [-0.3, -0.25) is 0 Å². The molecular formula is C15H19NO4. The molecule has 5 nitrogen and oxygen atoms in total. The molecule has 0 saturated heterocycles. The molecule has 0 spiro atoms. The first-order valence-electron chi connectivity index (χ1n) is 6.62. The van der Waals surface area contributed by atoms with Crippen molar-refractivity contribution in [1.82, 2.24) is 5.32 Å². The number of aromatic carboxylic acids is 1. The van der Waals surface area contributed by atoms with Crippen LogP contribution in [0.4, 0.5) is 4.79 Å². The van der Waals surface area contributed by atoms with E-state index in [0.717, 1.165) is 24.0 Å². The second-order valence-electron chi connectivity index (χ2n) is 5.96. The molecule has 0 unspecified atom stereocenters. The summed E-state index contributed by atoms with van der Waals surface area (Å²) in [6.07, 6.45) is 1.08. The van der Waals surface area contributed by atoms with Gasteiger partial charge in [-0.15, -0.1) is 0 Å². The summed E-state index contributed by atoms with van der Waals surface area (Å²) in [5.41, 5.74) is 1.70. The third-order valence-electron chi connectivity index (χ3n) is 3.16. The number of hydrogen-bond donors (Lipinski definition) is 2.